The van der Waals surface area contributed by atoms with Crippen molar-refractivity contribution in [1.82, 2.24) is 14.3 Å². The van der Waals surface area contributed by atoms with Crippen LogP contribution in [0.4, 0.5) is 0 Å². The Labute approximate surface area is 127 Å². The van der Waals surface area contributed by atoms with Crippen LogP contribution in [0.5, 0.6) is 0 Å². The third-order valence-corrected chi connectivity index (χ3v) is 5.99. The fourth-order valence-electron chi connectivity index (χ4n) is 2.68. The van der Waals surface area contributed by atoms with Gasteiger partial charge in [-0.05, 0) is 37.0 Å². The molecular weight excluding hydrogens is 306 g/mol. The van der Waals surface area contributed by atoms with E-state index in [1.54, 1.807) is 0 Å². The van der Waals surface area contributed by atoms with Gasteiger partial charge in [0.15, 0.2) is 0 Å². The van der Waals surface area contributed by atoms with Gasteiger partial charge in [0.2, 0.25) is 10.0 Å². The van der Waals surface area contributed by atoms with Crippen molar-refractivity contribution in [2.45, 2.75) is 24.7 Å². The summed E-state index contributed by atoms with van der Waals surface area (Å²) in [5.74, 6) is 0.524. The van der Waals surface area contributed by atoms with Crippen molar-refractivity contribution < 1.29 is 8.42 Å². The average molecular weight is 323 g/mol. The van der Waals surface area contributed by atoms with Gasteiger partial charge in [0.1, 0.15) is 0 Å². The van der Waals surface area contributed by atoms with Crippen molar-refractivity contribution >= 4 is 20.9 Å². The van der Waals surface area contributed by atoms with E-state index in [2.05, 4.69) is 16.9 Å². The summed E-state index contributed by atoms with van der Waals surface area (Å²) in [5, 5.41) is 0.158. The number of piperidine rings is 1. The summed E-state index contributed by atoms with van der Waals surface area (Å²) in [6, 6.07) is 4.19. The van der Waals surface area contributed by atoms with Crippen molar-refractivity contribution in [2.75, 3.05) is 13.1 Å². The van der Waals surface area contributed by atoms with Gasteiger partial charge >= 0.3 is 5.69 Å². The summed E-state index contributed by atoms with van der Waals surface area (Å²) >= 11 is 0. The van der Waals surface area contributed by atoms with Crippen LogP contribution in [0.2, 0.25) is 0 Å². The molecule has 118 valence electrons. The van der Waals surface area contributed by atoms with Crippen molar-refractivity contribution in [3.05, 3.63) is 39.0 Å². The molecule has 1 aromatic heterocycles. The van der Waals surface area contributed by atoms with Crippen LogP contribution in [0.25, 0.3) is 10.9 Å². The molecule has 0 bridgehead atoms. The summed E-state index contributed by atoms with van der Waals surface area (Å²) in [6.45, 7) is 3.09. The van der Waals surface area contributed by atoms with Gasteiger partial charge in [-0.2, -0.15) is 4.31 Å². The molecule has 0 saturated carbocycles. The second kappa shape index (κ2) is 5.36. The van der Waals surface area contributed by atoms with Crippen molar-refractivity contribution in [2.24, 2.45) is 5.92 Å². The Bertz CT molecular complexity index is 921. The van der Waals surface area contributed by atoms with Crippen molar-refractivity contribution in [3.63, 3.8) is 0 Å². The van der Waals surface area contributed by atoms with Gasteiger partial charge in [0.25, 0.3) is 5.56 Å². The smallest absolute Gasteiger partial charge is 0.307 e. The van der Waals surface area contributed by atoms with Gasteiger partial charge in [-0.15, -0.1) is 0 Å². The summed E-state index contributed by atoms with van der Waals surface area (Å²) in [7, 11) is -3.62. The minimum absolute atomic E-state index is 0.0760. The lowest BCUT2D eigenvalue weighted by atomic mass is 10.0. The number of rotatable bonds is 2. The van der Waals surface area contributed by atoms with Gasteiger partial charge in [0, 0.05) is 13.1 Å². The Hall–Kier alpha value is -1.93. The lowest BCUT2D eigenvalue weighted by molar-refractivity contribution is 0.288. The molecule has 0 amide bonds. The van der Waals surface area contributed by atoms with E-state index in [1.165, 1.54) is 22.5 Å². The van der Waals surface area contributed by atoms with E-state index in [1.807, 2.05) is 0 Å². The largest absolute Gasteiger partial charge is 0.326 e. The van der Waals surface area contributed by atoms with Crippen molar-refractivity contribution in [3.8, 4) is 0 Å². The van der Waals surface area contributed by atoms with Gasteiger partial charge in [0.05, 0.1) is 15.8 Å². The zero-order chi connectivity index (χ0) is 15.9. The maximum atomic E-state index is 12.7. The minimum Gasteiger partial charge on any atom is -0.307 e. The Kier molecular flexibility index (Phi) is 3.65. The normalized spacial score (nSPS) is 17.9. The van der Waals surface area contributed by atoms with Crippen LogP contribution in [0.1, 0.15) is 19.8 Å². The van der Waals surface area contributed by atoms with Crippen LogP contribution in [-0.2, 0) is 10.0 Å². The topological polar surface area (TPSA) is 103 Å². The SMILES string of the molecule is CC1CCN(S(=O)(=O)c2ccc3[nH]c(=O)[nH]c(=O)c3c2)CC1. The first-order valence-electron chi connectivity index (χ1n) is 7.14. The molecule has 1 aliphatic heterocycles. The zero-order valence-corrected chi connectivity index (χ0v) is 12.9. The second-order valence-corrected chi connectivity index (χ2v) is 7.64. The zero-order valence-electron chi connectivity index (χ0n) is 12.1. The second-order valence-electron chi connectivity index (χ2n) is 5.70. The van der Waals surface area contributed by atoms with Gasteiger partial charge in [-0.25, -0.2) is 13.2 Å². The van der Waals surface area contributed by atoms with Crippen LogP contribution < -0.4 is 11.2 Å². The first kappa shape index (κ1) is 15.0. The molecule has 1 aliphatic rings. The van der Waals surface area contributed by atoms with Gasteiger partial charge in [-0.3, -0.25) is 9.78 Å². The molecule has 3 rings (SSSR count). The van der Waals surface area contributed by atoms with E-state index in [-0.39, 0.29) is 10.3 Å². The summed E-state index contributed by atoms with van der Waals surface area (Å²) < 4.78 is 26.8. The predicted octanol–water partition coefficient (Wildman–Crippen LogP) is 0.637. The molecular formula is C14H17N3O4S. The number of nitrogens with zero attached hydrogens (tertiary/aromatic N) is 1. The van der Waals surface area contributed by atoms with Gasteiger partial charge in [-0.1, -0.05) is 6.92 Å². The first-order valence-corrected chi connectivity index (χ1v) is 8.58. The lowest BCUT2D eigenvalue weighted by Gasteiger charge is -2.29. The Morgan fingerprint density at radius 3 is 2.50 bits per heavy atom. The molecule has 8 heteroatoms. The average Bonchev–Trinajstić information content (AvgIpc) is 2.47. The highest BCUT2D eigenvalue weighted by atomic mass is 32.2. The van der Waals surface area contributed by atoms with E-state index in [0.29, 0.717) is 24.5 Å². The number of H-pyrrole nitrogens is 2. The third kappa shape index (κ3) is 2.59. The molecule has 0 spiro atoms. The molecule has 2 N–H and O–H groups in total. The maximum Gasteiger partial charge on any atom is 0.326 e. The number of aromatic amines is 2. The fraction of sp³-hybridized carbons (Fsp3) is 0.429. The van der Waals surface area contributed by atoms with Crippen LogP contribution in [0.15, 0.2) is 32.7 Å². The van der Waals surface area contributed by atoms with E-state index < -0.39 is 21.3 Å². The number of hydrogen-bond acceptors (Lipinski definition) is 4. The summed E-state index contributed by atoms with van der Waals surface area (Å²) in [6.07, 6.45) is 1.67. The van der Waals surface area contributed by atoms with E-state index >= 15 is 0 Å². The molecule has 22 heavy (non-hydrogen) atoms. The van der Waals surface area contributed by atoms with Crippen molar-refractivity contribution in [1.29, 1.82) is 0 Å². The Morgan fingerprint density at radius 2 is 1.82 bits per heavy atom. The highest BCUT2D eigenvalue weighted by Gasteiger charge is 2.28. The number of hydrogen-bond donors (Lipinski definition) is 2. The standard InChI is InChI=1S/C14H17N3O4S/c1-9-4-6-17(7-5-9)22(20,21)10-2-3-12-11(8-10)13(18)16-14(19)15-12/h2-3,8-9H,4-7H2,1H3,(H2,15,16,18,19). The molecule has 0 aliphatic carbocycles. The number of nitrogens with one attached hydrogen (secondary N) is 2. The predicted molar refractivity (Wildman–Crippen MR) is 82.3 cm³/mol. The van der Waals surface area contributed by atoms with Gasteiger partial charge < -0.3 is 4.98 Å². The molecule has 0 radical (unpaired) electrons. The number of benzene rings is 1. The molecule has 0 atom stereocenters. The first-order chi connectivity index (χ1) is 10.4. The monoisotopic (exact) mass is 323 g/mol. The molecule has 2 aromatic rings. The van der Waals surface area contributed by atoms with E-state index in [4.69, 9.17) is 0 Å². The molecule has 2 heterocycles. The lowest BCUT2D eigenvalue weighted by Crippen LogP contribution is -2.37. The Morgan fingerprint density at radius 1 is 1.14 bits per heavy atom. The number of fused-ring (bicyclic) bond motifs is 1. The minimum atomic E-state index is -3.62. The summed E-state index contributed by atoms with van der Waals surface area (Å²) in [5.41, 5.74) is -0.888. The van der Waals surface area contributed by atoms with Crippen LogP contribution in [-0.4, -0.2) is 35.8 Å². The molecule has 0 unspecified atom stereocenters. The number of sulfonamides is 1. The van der Waals surface area contributed by atoms with Crippen LogP contribution >= 0.6 is 0 Å². The molecule has 1 fully saturated rings. The summed E-state index contributed by atoms with van der Waals surface area (Å²) in [4.78, 5) is 27.7. The highest BCUT2D eigenvalue weighted by Crippen LogP contribution is 2.24. The van der Waals surface area contributed by atoms with Crippen LogP contribution in [0, 0.1) is 5.92 Å². The maximum absolute atomic E-state index is 12.7. The van der Waals surface area contributed by atoms with E-state index in [9.17, 15) is 18.0 Å². The number of aromatic nitrogens is 2. The molecule has 1 saturated heterocycles. The Balaban J connectivity index is 2.06. The van der Waals surface area contributed by atoms with Crippen LogP contribution in [0.3, 0.4) is 0 Å². The quantitative estimate of drug-likeness (QED) is 0.846. The van der Waals surface area contributed by atoms with E-state index in [0.717, 1.165) is 12.8 Å². The molecule has 1 aromatic carbocycles. The highest BCUT2D eigenvalue weighted by molar-refractivity contribution is 7.89. The molecule has 7 nitrogen and oxygen atoms in total. The third-order valence-electron chi connectivity index (χ3n) is 4.09. The fourth-order valence-corrected chi connectivity index (χ4v) is 4.18.